The van der Waals surface area contributed by atoms with Crippen molar-refractivity contribution in [3.63, 3.8) is 0 Å². The Bertz CT molecular complexity index is 645. The smallest absolute Gasteiger partial charge is 0.325 e. The molecular weight excluding hydrogens is 330 g/mol. The monoisotopic (exact) mass is 359 g/mol. The molecule has 1 atom stereocenters. The minimum Gasteiger partial charge on any atom is -0.341 e. The van der Waals surface area contributed by atoms with Gasteiger partial charge in [0.2, 0.25) is 5.91 Å². The van der Waals surface area contributed by atoms with Crippen LogP contribution in [-0.2, 0) is 9.59 Å². The Kier molecular flexibility index (Phi) is 3.48. The average Bonchev–Trinajstić information content (AvgIpc) is 3.40. The first-order valence-corrected chi connectivity index (χ1v) is 10.3. The molecule has 1 aliphatic heterocycles. The summed E-state index contributed by atoms with van der Waals surface area (Å²) in [5.41, 5.74) is -0.807. The zero-order chi connectivity index (χ0) is 18.2. The van der Waals surface area contributed by atoms with E-state index in [1.165, 1.54) is 32.1 Å². The number of hydrogen-bond donors (Lipinski definition) is 1. The highest BCUT2D eigenvalue weighted by molar-refractivity contribution is 6.09. The first-order valence-electron chi connectivity index (χ1n) is 10.3. The van der Waals surface area contributed by atoms with Crippen molar-refractivity contribution in [2.24, 2.45) is 29.6 Å². The third kappa shape index (κ3) is 2.33. The van der Waals surface area contributed by atoms with Crippen molar-refractivity contribution in [3.05, 3.63) is 0 Å². The second-order valence-electron chi connectivity index (χ2n) is 9.72. The predicted molar refractivity (Wildman–Crippen MR) is 95.0 cm³/mol. The van der Waals surface area contributed by atoms with E-state index in [0.717, 1.165) is 29.6 Å². The Morgan fingerprint density at radius 3 is 2.23 bits per heavy atom. The van der Waals surface area contributed by atoms with E-state index in [9.17, 15) is 14.4 Å². The van der Waals surface area contributed by atoms with Crippen LogP contribution in [0.25, 0.3) is 0 Å². The molecule has 1 N–H and O–H groups in total. The summed E-state index contributed by atoms with van der Waals surface area (Å²) in [6.07, 6.45) is 8.32. The molecule has 4 bridgehead atoms. The van der Waals surface area contributed by atoms with Crippen LogP contribution in [0.2, 0.25) is 0 Å². The van der Waals surface area contributed by atoms with Gasteiger partial charge in [0.15, 0.2) is 0 Å². The number of nitrogens with zero attached hydrogens (tertiary/aromatic N) is 2. The first-order chi connectivity index (χ1) is 12.4. The van der Waals surface area contributed by atoms with E-state index in [0.29, 0.717) is 17.9 Å². The lowest BCUT2D eigenvalue weighted by Gasteiger charge is -2.56. The molecule has 0 spiro atoms. The molecule has 6 aliphatic rings. The number of carbonyl (C=O) groups is 3. The molecule has 5 aliphatic carbocycles. The average molecular weight is 359 g/mol. The van der Waals surface area contributed by atoms with Gasteiger partial charge in [-0.15, -0.1) is 0 Å². The highest BCUT2D eigenvalue weighted by Gasteiger charge is 2.57. The van der Waals surface area contributed by atoms with Crippen LogP contribution in [0.1, 0.15) is 51.9 Å². The number of amides is 4. The van der Waals surface area contributed by atoms with E-state index in [-0.39, 0.29) is 24.3 Å². The molecule has 26 heavy (non-hydrogen) atoms. The lowest BCUT2D eigenvalue weighted by molar-refractivity contribution is -0.145. The van der Waals surface area contributed by atoms with Gasteiger partial charge in [-0.2, -0.15) is 0 Å². The molecule has 142 valence electrons. The molecule has 6 nitrogen and oxygen atoms in total. The van der Waals surface area contributed by atoms with Crippen LogP contribution in [0.15, 0.2) is 0 Å². The lowest BCUT2D eigenvalue weighted by Crippen LogP contribution is -2.57. The first kappa shape index (κ1) is 16.6. The quantitative estimate of drug-likeness (QED) is 0.781. The molecule has 1 unspecified atom stereocenters. The summed E-state index contributed by atoms with van der Waals surface area (Å²) in [5.74, 6) is 2.86. The maximum atomic E-state index is 13.0. The van der Waals surface area contributed by atoms with Crippen LogP contribution in [0.4, 0.5) is 4.79 Å². The highest BCUT2D eigenvalue weighted by Crippen LogP contribution is 2.55. The molecule has 5 saturated carbocycles. The van der Waals surface area contributed by atoms with Crippen LogP contribution in [0.3, 0.4) is 0 Å². The van der Waals surface area contributed by atoms with Crippen molar-refractivity contribution in [2.45, 2.75) is 63.5 Å². The molecule has 0 aromatic carbocycles. The number of nitrogens with one attached hydrogen (secondary N) is 1. The fourth-order valence-corrected chi connectivity index (χ4v) is 6.74. The number of urea groups is 1. The van der Waals surface area contributed by atoms with Crippen molar-refractivity contribution in [1.82, 2.24) is 15.1 Å². The number of hydrogen-bond acceptors (Lipinski definition) is 3. The predicted octanol–water partition coefficient (Wildman–Crippen LogP) is 1.99. The van der Waals surface area contributed by atoms with Gasteiger partial charge in [0.05, 0.1) is 0 Å². The van der Waals surface area contributed by atoms with Gasteiger partial charge in [-0.3, -0.25) is 14.5 Å². The molecule has 4 amide bonds. The summed E-state index contributed by atoms with van der Waals surface area (Å²) in [6, 6.07) is -0.109. The second-order valence-corrected chi connectivity index (χ2v) is 9.72. The summed E-state index contributed by atoms with van der Waals surface area (Å²) in [6.45, 7) is 1.68. The van der Waals surface area contributed by atoms with Crippen LogP contribution in [-0.4, -0.2) is 52.8 Å². The van der Waals surface area contributed by atoms with Crippen LogP contribution >= 0.6 is 0 Å². The fourth-order valence-electron chi connectivity index (χ4n) is 6.74. The van der Waals surface area contributed by atoms with Crippen LogP contribution < -0.4 is 5.32 Å². The van der Waals surface area contributed by atoms with Gasteiger partial charge in [0, 0.05) is 13.1 Å². The van der Waals surface area contributed by atoms with Gasteiger partial charge in [0.1, 0.15) is 12.1 Å². The highest BCUT2D eigenvalue weighted by atomic mass is 16.2. The summed E-state index contributed by atoms with van der Waals surface area (Å²) in [5, 5.41) is 2.83. The Balaban J connectivity index is 1.28. The normalized spacial score (nSPS) is 43.8. The van der Waals surface area contributed by atoms with Crippen molar-refractivity contribution < 1.29 is 14.4 Å². The van der Waals surface area contributed by atoms with Crippen LogP contribution in [0.5, 0.6) is 0 Å². The second kappa shape index (κ2) is 5.46. The summed E-state index contributed by atoms with van der Waals surface area (Å²) >= 11 is 0. The largest absolute Gasteiger partial charge is 0.341 e. The number of rotatable bonds is 4. The topological polar surface area (TPSA) is 69.7 Å². The van der Waals surface area contributed by atoms with Gasteiger partial charge in [-0.25, -0.2) is 4.79 Å². The van der Waals surface area contributed by atoms with Crippen molar-refractivity contribution in [3.8, 4) is 0 Å². The van der Waals surface area contributed by atoms with Crippen molar-refractivity contribution in [2.75, 3.05) is 13.6 Å². The molecular formula is C20H29N3O3. The van der Waals surface area contributed by atoms with E-state index in [1.807, 2.05) is 11.9 Å². The molecule has 6 rings (SSSR count). The Labute approximate surface area is 154 Å². The third-order valence-corrected chi connectivity index (χ3v) is 8.01. The van der Waals surface area contributed by atoms with Gasteiger partial charge in [-0.05, 0) is 81.5 Å². The molecule has 6 heteroatoms. The lowest BCUT2D eigenvalue weighted by atomic mass is 9.54. The summed E-state index contributed by atoms with van der Waals surface area (Å²) < 4.78 is 0. The summed E-state index contributed by atoms with van der Waals surface area (Å²) in [7, 11) is 1.88. The van der Waals surface area contributed by atoms with E-state index < -0.39 is 11.6 Å². The number of carbonyl (C=O) groups excluding carboxylic acids is 3. The molecule has 6 fully saturated rings. The molecule has 0 aromatic heterocycles. The van der Waals surface area contributed by atoms with Crippen molar-refractivity contribution in [1.29, 1.82) is 0 Å². The zero-order valence-electron chi connectivity index (χ0n) is 15.7. The van der Waals surface area contributed by atoms with Crippen molar-refractivity contribution >= 4 is 17.8 Å². The van der Waals surface area contributed by atoms with E-state index in [4.69, 9.17) is 0 Å². The van der Waals surface area contributed by atoms with Gasteiger partial charge >= 0.3 is 6.03 Å². The number of likely N-dealkylation sites (N-methyl/N-ethyl adjacent to an activating group) is 1. The standard InChI is InChI=1S/C20H29N3O3/c1-20(15-3-4-15)18(25)23(19(26)21-20)10-16(24)22(2)17-13-6-11-5-12(8-13)9-14(17)7-11/h11-15,17H,3-10H2,1-2H3,(H,21,26). The van der Waals surface area contributed by atoms with Gasteiger partial charge < -0.3 is 10.2 Å². The van der Waals surface area contributed by atoms with E-state index >= 15 is 0 Å². The maximum absolute atomic E-state index is 13.0. The van der Waals surface area contributed by atoms with E-state index in [2.05, 4.69) is 5.32 Å². The minimum absolute atomic E-state index is 0.0916. The van der Waals surface area contributed by atoms with E-state index in [1.54, 1.807) is 6.92 Å². The minimum atomic E-state index is -0.807. The third-order valence-electron chi connectivity index (χ3n) is 8.01. The molecule has 0 aromatic rings. The maximum Gasteiger partial charge on any atom is 0.325 e. The Morgan fingerprint density at radius 1 is 1.12 bits per heavy atom. The molecule has 1 saturated heterocycles. The van der Waals surface area contributed by atoms with Gasteiger partial charge in [-0.1, -0.05) is 0 Å². The summed E-state index contributed by atoms with van der Waals surface area (Å²) in [4.78, 5) is 41.1. The van der Waals surface area contributed by atoms with Crippen LogP contribution in [0, 0.1) is 29.6 Å². The Hall–Kier alpha value is -1.59. The van der Waals surface area contributed by atoms with Gasteiger partial charge in [0.25, 0.3) is 5.91 Å². The molecule has 1 heterocycles. The Morgan fingerprint density at radius 2 is 1.69 bits per heavy atom. The zero-order valence-corrected chi connectivity index (χ0v) is 15.7. The molecule has 0 radical (unpaired) electrons. The SMILES string of the molecule is CN(C(=O)CN1C(=O)NC(C)(C2CC2)C1=O)C1C2CC3CC(C2)CC1C3. The fraction of sp³-hybridized carbons (Fsp3) is 0.850. The number of imide groups is 1.